The van der Waals surface area contributed by atoms with E-state index in [9.17, 15) is 40.6 Å². The summed E-state index contributed by atoms with van der Waals surface area (Å²) in [7, 11) is -7.38. The lowest BCUT2D eigenvalue weighted by Crippen LogP contribution is -2.42. The molecule has 1 fully saturated rings. The van der Waals surface area contributed by atoms with Crippen LogP contribution in [-0.2, 0) is 26.6 Å². The van der Waals surface area contributed by atoms with E-state index in [1.165, 1.54) is 46.8 Å². The fourth-order valence-corrected chi connectivity index (χ4v) is 6.87. The summed E-state index contributed by atoms with van der Waals surface area (Å²) < 4.78 is 85.5. The maximum Gasteiger partial charge on any atom is 0.319 e. The molecular weight excluding hydrogens is 660 g/mol. The zero-order chi connectivity index (χ0) is 34.2. The van der Waals surface area contributed by atoms with Gasteiger partial charge in [-0.05, 0) is 79.9 Å². The van der Waals surface area contributed by atoms with E-state index < -0.39 is 43.8 Å². The summed E-state index contributed by atoms with van der Waals surface area (Å²) >= 11 is 0. The van der Waals surface area contributed by atoms with E-state index >= 15 is 0 Å². The number of hydrogen-bond acceptors (Lipinski definition) is 9. The number of amides is 2. The number of carbonyl (C=O) groups is 1. The standard InChI is InChI=1S/C30H37F2N5O8S2/c1-46(41,42)36-28-15-25(5-9-29(28)39)45-19-24(38)18-33-16-20-10-12-37(13-11-20)47(43,44)26-6-3-23(4-7-26)35-30(40)34-17-21-14-22(31)2-8-27(21)32/h2-9,14-15,20,24,33,36,38-39H,10-13,16-19H2,1H3,(H2,34,35,40)/t24-/m0/s1. The van der Waals surface area contributed by atoms with E-state index in [0.717, 1.165) is 24.5 Å². The van der Waals surface area contributed by atoms with E-state index in [4.69, 9.17) is 4.74 Å². The number of phenolic OH excluding ortho intramolecular Hbond substituents is 1. The predicted molar refractivity (Wildman–Crippen MR) is 171 cm³/mol. The molecule has 0 aromatic heterocycles. The van der Waals surface area contributed by atoms with Crippen molar-refractivity contribution in [1.29, 1.82) is 0 Å². The minimum atomic E-state index is -3.77. The van der Waals surface area contributed by atoms with E-state index in [1.54, 1.807) is 0 Å². The van der Waals surface area contributed by atoms with Gasteiger partial charge in [0.2, 0.25) is 20.0 Å². The fourth-order valence-electron chi connectivity index (χ4n) is 4.83. The molecule has 0 aliphatic carbocycles. The van der Waals surface area contributed by atoms with Gasteiger partial charge in [0.05, 0.1) is 16.8 Å². The van der Waals surface area contributed by atoms with Crippen LogP contribution in [-0.4, -0.2) is 82.5 Å². The molecule has 0 saturated carbocycles. The van der Waals surface area contributed by atoms with Crippen molar-refractivity contribution in [3.05, 3.63) is 77.9 Å². The van der Waals surface area contributed by atoms with Gasteiger partial charge in [-0.2, -0.15) is 4.31 Å². The fraction of sp³-hybridized carbons (Fsp3) is 0.367. The molecule has 256 valence electrons. The Labute approximate surface area is 272 Å². The first-order valence-corrected chi connectivity index (χ1v) is 17.9. The molecule has 47 heavy (non-hydrogen) atoms. The quantitative estimate of drug-likeness (QED) is 0.138. The SMILES string of the molecule is CS(=O)(=O)Nc1cc(OC[C@@H](O)CNCC2CCN(S(=O)(=O)c3ccc(NC(=O)NCc4cc(F)ccc4F)cc3)CC2)ccc1O. The topological polar surface area (TPSA) is 186 Å². The number of aromatic hydroxyl groups is 1. The highest BCUT2D eigenvalue weighted by Gasteiger charge is 2.29. The maximum atomic E-state index is 13.8. The first-order chi connectivity index (χ1) is 22.2. The van der Waals surface area contributed by atoms with Gasteiger partial charge >= 0.3 is 6.03 Å². The maximum absolute atomic E-state index is 13.8. The van der Waals surface area contributed by atoms with Gasteiger partial charge in [-0.3, -0.25) is 4.72 Å². The molecule has 6 N–H and O–H groups in total. The Balaban J connectivity index is 1.17. The molecule has 0 spiro atoms. The lowest BCUT2D eigenvalue weighted by Gasteiger charge is -2.31. The summed E-state index contributed by atoms with van der Waals surface area (Å²) in [6.07, 6.45) is 1.28. The Kier molecular flexibility index (Phi) is 12.0. The monoisotopic (exact) mass is 697 g/mol. The summed E-state index contributed by atoms with van der Waals surface area (Å²) in [5.41, 5.74) is 0.257. The molecule has 1 heterocycles. The Hall–Kier alpha value is -4.03. The molecule has 13 nitrogen and oxygen atoms in total. The normalized spacial score (nSPS) is 15.1. The van der Waals surface area contributed by atoms with Crippen molar-refractivity contribution in [2.24, 2.45) is 5.92 Å². The Morgan fingerprint density at radius 3 is 2.40 bits per heavy atom. The number of hydrogen-bond donors (Lipinski definition) is 6. The average molecular weight is 698 g/mol. The first kappa shape index (κ1) is 35.8. The van der Waals surface area contributed by atoms with E-state index in [0.29, 0.717) is 38.2 Å². The summed E-state index contributed by atoms with van der Waals surface area (Å²) in [4.78, 5) is 12.3. The van der Waals surface area contributed by atoms with Gasteiger partial charge < -0.3 is 30.9 Å². The average Bonchev–Trinajstić information content (AvgIpc) is 3.02. The molecule has 1 atom stereocenters. The summed E-state index contributed by atoms with van der Waals surface area (Å²) in [5, 5.41) is 28.2. The number of aliphatic hydroxyl groups excluding tert-OH is 1. The van der Waals surface area contributed by atoms with Gasteiger partial charge in [0.1, 0.15) is 35.8 Å². The van der Waals surface area contributed by atoms with Crippen molar-refractivity contribution in [2.45, 2.75) is 30.4 Å². The lowest BCUT2D eigenvalue weighted by molar-refractivity contribution is 0.104. The van der Waals surface area contributed by atoms with Crippen LogP contribution < -0.4 is 25.4 Å². The zero-order valence-corrected chi connectivity index (χ0v) is 27.1. The number of ether oxygens (including phenoxy) is 1. The zero-order valence-electron chi connectivity index (χ0n) is 25.4. The van der Waals surface area contributed by atoms with E-state index in [-0.39, 0.29) is 53.3 Å². The van der Waals surface area contributed by atoms with Gasteiger partial charge in [0, 0.05) is 43.5 Å². The van der Waals surface area contributed by atoms with Crippen molar-refractivity contribution in [1.82, 2.24) is 14.9 Å². The van der Waals surface area contributed by atoms with Crippen molar-refractivity contribution in [2.75, 3.05) is 49.1 Å². The number of sulfonamides is 2. The molecule has 1 saturated heterocycles. The third-order valence-corrected chi connectivity index (χ3v) is 9.79. The smallest absolute Gasteiger partial charge is 0.319 e. The number of rotatable bonds is 14. The van der Waals surface area contributed by atoms with Crippen LogP contribution in [0.15, 0.2) is 65.6 Å². The molecule has 4 rings (SSSR count). The van der Waals surface area contributed by atoms with Gasteiger partial charge in [0.15, 0.2) is 0 Å². The highest BCUT2D eigenvalue weighted by molar-refractivity contribution is 7.92. The molecule has 1 aliphatic rings. The number of nitrogens with one attached hydrogen (secondary N) is 4. The molecule has 3 aromatic carbocycles. The van der Waals surface area contributed by atoms with Crippen molar-refractivity contribution in [3.8, 4) is 11.5 Å². The van der Waals surface area contributed by atoms with Gasteiger partial charge in [-0.1, -0.05) is 0 Å². The number of phenols is 1. The van der Waals surface area contributed by atoms with Crippen molar-refractivity contribution in [3.63, 3.8) is 0 Å². The van der Waals surface area contributed by atoms with Crippen LogP contribution in [0.4, 0.5) is 25.0 Å². The molecule has 3 aromatic rings. The van der Waals surface area contributed by atoms with Gasteiger partial charge in [-0.25, -0.2) is 30.4 Å². The number of carbonyl (C=O) groups excluding carboxylic acids is 1. The Bertz CT molecular complexity index is 1750. The third-order valence-electron chi connectivity index (χ3n) is 7.29. The van der Waals surface area contributed by atoms with Gasteiger partial charge in [0.25, 0.3) is 0 Å². The number of nitrogens with zero attached hydrogens (tertiary/aromatic N) is 1. The largest absolute Gasteiger partial charge is 0.506 e. The second-order valence-electron chi connectivity index (χ2n) is 11.1. The first-order valence-electron chi connectivity index (χ1n) is 14.6. The van der Waals surface area contributed by atoms with E-state index in [2.05, 4.69) is 20.7 Å². The minimum Gasteiger partial charge on any atom is -0.506 e. The molecular formula is C30H37F2N5O8S2. The van der Waals surface area contributed by atoms with Crippen molar-refractivity contribution >= 4 is 37.5 Å². The summed E-state index contributed by atoms with van der Waals surface area (Å²) in [6, 6.07) is 11.9. The minimum absolute atomic E-state index is 0.0156. The van der Waals surface area contributed by atoms with E-state index in [1.807, 2.05) is 0 Å². The van der Waals surface area contributed by atoms with Crippen LogP contribution in [0.3, 0.4) is 0 Å². The van der Waals surface area contributed by atoms with Gasteiger partial charge in [-0.15, -0.1) is 0 Å². The highest BCUT2D eigenvalue weighted by Crippen LogP contribution is 2.29. The molecule has 17 heteroatoms. The van der Waals surface area contributed by atoms with Crippen molar-refractivity contribution < 1.29 is 45.4 Å². The predicted octanol–water partition coefficient (Wildman–Crippen LogP) is 2.79. The number of aliphatic hydroxyl groups is 1. The summed E-state index contributed by atoms with van der Waals surface area (Å²) in [5.74, 6) is -1.11. The van der Waals surface area contributed by atoms with Crippen LogP contribution >= 0.6 is 0 Å². The Morgan fingerprint density at radius 1 is 1.02 bits per heavy atom. The van der Waals surface area contributed by atoms with Crippen LogP contribution in [0.5, 0.6) is 11.5 Å². The number of urea groups is 1. The van der Waals surface area contributed by atoms with Crippen LogP contribution in [0, 0.1) is 17.6 Å². The third kappa shape index (κ3) is 10.8. The summed E-state index contributed by atoms with van der Waals surface area (Å²) in [6.45, 7) is 1.07. The molecule has 0 bridgehead atoms. The number of anilines is 2. The van der Waals surface area contributed by atoms with Crippen LogP contribution in [0.1, 0.15) is 18.4 Å². The Morgan fingerprint density at radius 2 is 1.72 bits per heavy atom. The second kappa shape index (κ2) is 15.7. The lowest BCUT2D eigenvalue weighted by atomic mass is 9.98. The molecule has 0 unspecified atom stereocenters. The molecule has 2 amide bonds. The number of benzene rings is 3. The second-order valence-corrected chi connectivity index (χ2v) is 14.8. The molecule has 1 aliphatic heterocycles. The number of halogens is 2. The van der Waals surface area contributed by atoms with Crippen LogP contribution in [0.2, 0.25) is 0 Å². The van der Waals surface area contributed by atoms with Crippen LogP contribution in [0.25, 0.3) is 0 Å². The number of piperidine rings is 1. The molecule has 0 radical (unpaired) electrons. The highest BCUT2D eigenvalue weighted by atomic mass is 32.2.